The summed E-state index contributed by atoms with van der Waals surface area (Å²) in [5.41, 5.74) is -0.517. The molecule has 0 fully saturated rings. The molecule has 2 aromatic rings. The first kappa shape index (κ1) is 19.2. The molecule has 0 bridgehead atoms. The number of rotatable bonds is 5. The first-order valence-corrected chi connectivity index (χ1v) is 8.20. The van der Waals surface area contributed by atoms with E-state index in [9.17, 15) is 27.9 Å². The number of nitrogens with one attached hydrogen (secondary N) is 1. The Morgan fingerprint density at radius 1 is 1.12 bits per heavy atom. The Kier molecular flexibility index (Phi) is 6.04. The van der Waals surface area contributed by atoms with Gasteiger partial charge in [-0.15, -0.1) is 0 Å². The van der Waals surface area contributed by atoms with Crippen LogP contribution in [0.3, 0.4) is 0 Å². The molecule has 2 aromatic carbocycles. The fourth-order valence-corrected chi connectivity index (χ4v) is 2.79. The van der Waals surface area contributed by atoms with Crippen molar-refractivity contribution >= 4 is 34.5 Å². The normalized spacial score (nSPS) is 12.5. The van der Waals surface area contributed by atoms with Crippen molar-refractivity contribution in [2.45, 2.75) is 18.6 Å². The van der Waals surface area contributed by atoms with Crippen LogP contribution in [0.5, 0.6) is 0 Å². The molecule has 132 valence electrons. The summed E-state index contributed by atoms with van der Waals surface area (Å²) in [6.45, 7) is 0. The summed E-state index contributed by atoms with van der Waals surface area (Å²) < 4.78 is 39.1. The Morgan fingerprint density at radius 2 is 1.80 bits per heavy atom. The third kappa shape index (κ3) is 5.45. The van der Waals surface area contributed by atoms with Gasteiger partial charge in [-0.3, -0.25) is 4.79 Å². The van der Waals surface area contributed by atoms with E-state index in [0.717, 1.165) is 15.7 Å². The van der Waals surface area contributed by atoms with E-state index >= 15 is 0 Å². The second-order valence-electron chi connectivity index (χ2n) is 5.28. The van der Waals surface area contributed by atoms with Crippen LogP contribution in [0.2, 0.25) is 0 Å². The Morgan fingerprint density at radius 3 is 2.40 bits per heavy atom. The first-order valence-electron chi connectivity index (χ1n) is 7.12. The van der Waals surface area contributed by atoms with Crippen molar-refractivity contribution in [2.24, 2.45) is 0 Å². The zero-order valence-electron chi connectivity index (χ0n) is 12.7. The molecule has 25 heavy (non-hydrogen) atoms. The number of carbonyl (C=O) groups excluding carboxylic acids is 1. The van der Waals surface area contributed by atoms with E-state index in [2.05, 4.69) is 27.9 Å². The fourth-order valence-electron chi connectivity index (χ4n) is 2.18. The van der Waals surface area contributed by atoms with Gasteiger partial charge in [0.2, 0.25) is 0 Å². The monoisotopic (exact) mass is 463 g/mol. The zero-order chi connectivity index (χ0) is 18.6. The van der Waals surface area contributed by atoms with Gasteiger partial charge in [0, 0.05) is 15.6 Å². The van der Waals surface area contributed by atoms with Crippen molar-refractivity contribution in [2.75, 3.05) is 0 Å². The van der Waals surface area contributed by atoms with Crippen molar-refractivity contribution in [1.29, 1.82) is 0 Å². The van der Waals surface area contributed by atoms with Crippen molar-refractivity contribution in [3.8, 4) is 0 Å². The summed E-state index contributed by atoms with van der Waals surface area (Å²) >= 11 is 2.07. The van der Waals surface area contributed by atoms with Crippen molar-refractivity contribution in [1.82, 2.24) is 5.32 Å². The van der Waals surface area contributed by atoms with Gasteiger partial charge in [-0.2, -0.15) is 13.2 Å². The molecule has 0 aliphatic carbocycles. The van der Waals surface area contributed by atoms with Crippen LogP contribution in [-0.4, -0.2) is 23.0 Å². The van der Waals surface area contributed by atoms with Crippen LogP contribution in [0.4, 0.5) is 13.2 Å². The van der Waals surface area contributed by atoms with Gasteiger partial charge in [-0.1, -0.05) is 18.2 Å². The van der Waals surface area contributed by atoms with Crippen LogP contribution < -0.4 is 5.32 Å². The molecule has 0 saturated heterocycles. The van der Waals surface area contributed by atoms with Crippen LogP contribution in [0.1, 0.15) is 21.5 Å². The molecule has 0 radical (unpaired) electrons. The van der Waals surface area contributed by atoms with Gasteiger partial charge in [0.25, 0.3) is 5.91 Å². The second kappa shape index (κ2) is 7.85. The van der Waals surface area contributed by atoms with Crippen LogP contribution in [-0.2, 0) is 17.4 Å². The maximum absolute atomic E-state index is 12.7. The lowest BCUT2D eigenvalue weighted by Crippen LogP contribution is -2.42. The third-order valence-electron chi connectivity index (χ3n) is 3.38. The molecule has 0 heterocycles. The molecule has 1 amide bonds. The highest BCUT2D eigenvalue weighted by Gasteiger charge is 2.31. The van der Waals surface area contributed by atoms with Crippen LogP contribution in [0, 0.1) is 3.57 Å². The molecule has 8 heteroatoms. The number of carboxylic acid groups (broad SMARTS) is 1. The quantitative estimate of drug-likeness (QED) is 0.665. The molecular formula is C17H13F3INO3. The smallest absolute Gasteiger partial charge is 0.416 e. The number of amides is 1. The number of carboxylic acids is 1. The van der Waals surface area contributed by atoms with Crippen molar-refractivity contribution in [3.63, 3.8) is 0 Å². The first-order chi connectivity index (χ1) is 11.7. The summed E-state index contributed by atoms with van der Waals surface area (Å²) in [7, 11) is 0. The van der Waals surface area contributed by atoms with Crippen molar-refractivity contribution in [3.05, 3.63) is 68.8 Å². The summed E-state index contributed by atoms with van der Waals surface area (Å²) in [5.74, 6) is -2.14. The maximum atomic E-state index is 12.7. The molecule has 0 aliphatic rings. The average molecular weight is 463 g/mol. The lowest BCUT2D eigenvalue weighted by atomic mass is 10.0. The lowest BCUT2D eigenvalue weighted by molar-refractivity contribution is -0.139. The number of alkyl halides is 3. The third-order valence-corrected chi connectivity index (χ3v) is 4.06. The number of carbonyl (C=O) groups is 2. The van der Waals surface area contributed by atoms with Gasteiger partial charge in [-0.05, 0) is 58.5 Å². The van der Waals surface area contributed by atoms with E-state index in [4.69, 9.17) is 0 Å². The van der Waals surface area contributed by atoms with Gasteiger partial charge in [0.1, 0.15) is 6.04 Å². The maximum Gasteiger partial charge on any atom is 0.416 e. The summed E-state index contributed by atoms with van der Waals surface area (Å²) in [6, 6.07) is 9.67. The Labute approximate surface area is 155 Å². The predicted octanol–water partition coefficient (Wildman–Crippen LogP) is 3.74. The van der Waals surface area contributed by atoms with Crippen LogP contribution in [0.25, 0.3) is 0 Å². The Bertz CT molecular complexity index is 793. The van der Waals surface area contributed by atoms with Crippen LogP contribution >= 0.6 is 22.6 Å². The minimum Gasteiger partial charge on any atom is -0.480 e. The van der Waals surface area contributed by atoms with Gasteiger partial charge < -0.3 is 10.4 Å². The van der Waals surface area contributed by atoms with Gasteiger partial charge >= 0.3 is 12.1 Å². The molecular weight excluding hydrogens is 450 g/mol. The van der Waals surface area contributed by atoms with E-state index in [0.29, 0.717) is 11.6 Å². The highest BCUT2D eigenvalue weighted by Crippen LogP contribution is 2.29. The summed E-state index contributed by atoms with van der Waals surface area (Å²) in [5, 5.41) is 11.6. The minimum atomic E-state index is -4.58. The Hall–Kier alpha value is -2.10. The summed E-state index contributed by atoms with van der Waals surface area (Å²) in [4.78, 5) is 23.5. The molecule has 0 unspecified atom stereocenters. The highest BCUT2D eigenvalue weighted by atomic mass is 127. The number of halogens is 4. The number of benzene rings is 2. The zero-order valence-corrected chi connectivity index (χ0v) is 14.8. The van der Waals surface area contributed by atoms with E-state index in [-0.39, 0.29) is 12.0 Å². The number of hydrogen-bond donors (Lipinski definition) is 2. The van der Waals surface area contributed by atoms with E-state index < -0.39 is 29.7 Å². The molecule has 0 aliphatic heterocycles. The molecule has 2 N–H and O–H groups in total. The molecule has 1 atom stereocenters. The average Bonchev–Trinajstić information content (AvgIpc) is 2.53. The molecule has 0 aromatic heterocycles. The van der Waals surface area contributed by atoms with Crippen LogP contribution in [0.15, 0.2) is 48.5 Å². The standard InChI is InChI=1S/C17H13F3INO3/c18-17(19,20)12-5-2-4-11(9-12)15(23)22-14(16(24)25)8-10-3-1-6-13(21)7-10/h1-7,9,14H,8H2,(H,22,23)(H,24,25)/t14-/m0/s1. The number of hydrogen-bond acceptors (Lipinski definition) is 2. The largest absolute Gasteiger partial charge is 0.480 e. The SMILES string of the molecule is O=C(N[C@@H](Cc1cccc(I)c1)C(=O)O)c1cccc(C(F)(F)F)c1. The van der Waals surface area contributed by atoms with Gasteiger partial charge in [0.15, 0.2) is 0 Å². The topological polar surface area (TPSA) is 66.4 Å². The summed E-state index contributed by atoms with van der Waals surface area (Å²) in [6.07, 6.45) is -4.56. The lowest BCUT2D eigenvalue weighted by Gasteiger charge is -2.15. The number of aliphatic carboxylic acids is 1. The van der Waals surface area contributed by atoms with Gasteiger partial charge in [-0.25, -0.2) is 4.79 Å². The van der Waals surface area contributed by atoms with Gasteiger partial charge in [0.05, 0.1) is 5.56 Å². The Balaban J connectivity index is 2.17. The van der Waals surface area contributed by atoms with E-state index in [1.165, 1.54) is 6.07 Å². The predicted molar refractivity (Wildman–Crippen MR) is 93.2 cm³/mol. The molecule has 0 spiro atoms. The van der Waals surface area contributed by atoms with Crippen molar-refractivity contribution < 1.29 is 27.9 Å². The molecule has 0 saturated carbocycles. The fraction of sp³-hybridized carbons (Fsp3) is 0.176. The van der Waals surface area contributed by atoms with E-state index in [1.807, 2.05) is 6.07 Å². The minimum absolute atomic E-state index is 0.0247. The molecule has 4 nitrogen and oxygen atoms in total. The second-order valence-corrected chi connectivity index (χ2v) is 6.52. The highest BCUT2D eigenvalue weighted by molar-refractivity contribution is 14.1. The molecule has 2 rings (SSSR count). The van der Waals surface area contributed by atoms with E-state index in [1.54, 1.807) is 18.2 Å².